The van der Waals surface area contributed by atoms with Gasteiger partial charge in [0.15, 0.2) is 11.3 Å². The fourth-order valence-electron chi connectivity index (χ4n) is 10.8. The number of carbonyl (C=O) groups is 2. The van der Waals surface area contributed by atoms with Crippen molar-refractivity contribution in [1.29, 1.82) is 0 Å². The molecule has 0 spiro atoms. The van der Waals surface area contributed by atoms with Crippen LogP contribution in [-0.2, 0) is 20.0 Å². The van der Waals surface area contributed by atoms with E-state index in [1.165, 1.54) is 24.3 Å². The van der Waals surface area contributed by atoms with Crippen LogP contribution in [0.5, 0.6) is 0 Å². The highest BCUT2D eigenvalue weighted by Crippen LogP contribution is 2.37. The van der Waals surface area contributed by atoms with Gasteiger partial charge in [-0.3, -0.25) is 29.7 Å². The fourth-order valence-corrected chi connectivity index (χ4v) is 12.3. The molecule has 4 aromatic heterocycles. The van der Waals surface area contributed by atoms with Gasteiger partial charge >= 0.3 is 0 Å². The smallest absolute Gasteiger partial charge is 0.256 e. The van der Waals surface area contributed by atoms with Crippen molar-refractivity contribution in [2.45, 2.75) is 89.4 Å². The maximum Gasteiger partial charge on any atom is 0.256 e. The second-order valence-electron chi connectivity index (χ2n) is 19.8. The van der Waals surface area contributed by atoms with Crippen LogP contribution in [0.25, 0.3) is 11.3 Å². The van der Waals surface area contributed by atoms with E-state index in [2.05, 4.69) is 29.9 Å². The van der Waals surface area contributed by atoms with E-state index in [0.717, 1.165) is 111 Å². The van der Waals surface area contributed by atoms with E-state index in [1.807, 2.05) is 38.4 Å². The molecule has 24 heteroatoms. The number of nitrogens with zero attached hydrogens (tertiary/aromatic N) is 10. The Morgan fingerprint density at radius 1 is 0.603 bits per heavy atom. The minimum atomic E-state index is -3.64. The Hall–Kier alpha value is -5.78. The molecule has 0 bridgehead atoms. The Kier molecular flexibility index (Phi) is 14.2. The topological polar surface area (TPSA) is 224 Å². The molecule has 388 valence electrons. The Labute approximate surface area is 434 Å². The van der Waals surface area contributed by atoms with Gasteiger partial charge < -0.3 is 19.6 Å². The van der Waals surface area contributed by atoms with Gasteiger partial charge in [-0.15, -0.1) is 0 Å². The van der Waals surface area contributed by atoms with Gasteiger partial charge in [-0.05, 0) is 102 Å². The number of hydrogen-bond donors (Lipinski definition) is 4. The van der Waals surface area contributed by atoms with Crippen molar-refractivity contribution in [3.63, 3.8) is 0 Å². The fraction of sp³-hybridized carbons (Fsp3) is 0.469. The standard InChI is InChI=1S/C49H60Cl2N14O6S2/c1-30-25-64-44(23-40(56-64)42-9-5-7-17-62(42)48(66)36-21-32(50)11-13-38(36)58-72(3,68)69)54-46(30)60-19-15-34(27-60)52-29-53-35-16-20-61(28-35)47-31(2)26-65-45(55-47)24-41(57-65)43-10-6-8-18-63(43)49(67)37-22-33(51)12-14-39(37)59-73(4,70)71/h11-14,21-26,34-35,42-43,52-53,58-59H,5-10,15-20,27-29H2,1-4H3. The Bertz CT molecular complexity index is 3120. The highest BCUT2D eigenvalue weighted by atomic mass is 35.5. The first-order chi connectivity index (χ1) is 34.8. The van der Waals surface area contributed by atoms with Crippen molar-refractivity contribution in [3.8, 4) is 0 Å². The van der Waals surface area contributed by atoms with E-state index >= 15 is 0 Å². The highest BCUT2D eigenvalue weighted by molar-refractivity contribution is 7.92. The number of aromatic nitrogens is 6. The van der Waals surface area contributed by atoms with Crippen LogP contribution in [0.4, 0.5) is 23.0 Å². The second-order valence-corrected chi connectivity index (χ2v) is 24.2. The zero-order valence-electron chi connectivity index (χ0n) is 41.2. The summed E-state index contributed by atoms with van der Waals surface area (Å²) in [7, 11) is -7.28. The third-order valence-corrected chi connectivity index (χ3v) is 15.9. The zero-order chi connectivity index (χ0) is 51.3. The van der Waals surface area contributed by atoms with Crippen molar-refractivity contribution in [2.24, 2.45) is 0 Å². The number of likely N-dealkylation sites (tertiary alicyclic amines) is 2. The third-order valence-electron chi connectivity index (χ3n) is 14.2. The summed E-state index contributed by atoms with van der Waals surface area (Å²) in [4.78, 5) is 46.6. The van der Waals surface area contributed by atoms with Crippen LogP contribution in [0.15, 0.2) is 60.9 Å². The molecule has 6 aromatic rings. The zero-order valence-corrected chi connectivity index (χ0v) is 44.3. The summed E-state index contributed by atoms with van der Waals surface area (Å²) >= 11 is 12.6. The molecule has 0 radical (unpaired) electrons. The van der Waals surface area contributed by atoms with Crippen molar-refractivity contribution in [1.82, 2.24) is 49.6 Å². The maximum atomic E-state index is 14.1. The van der Waals surface area contributed by atoms with Gasteiger partial charge in [0.05, 0.1) is 58.5 Å². The average molecular weight is 1080 g/mol. The minimum absolute atomic E-state index is 0.184. The van der Waals surface area contributed by atoms with E-state index in [0.29, 0.717) is 53.9 Å². The number of piperidine rings is 2. The first kappa shape index (κ1) is 50.7. The molecule has 2 amide bonds. The van der Waals surface area contributed by atoms with E-state index in [4.69, 9.17) is 43.4 Å². The Morgan fingerprint density at radius 3 is 1.44 bits per heavy atom. The maximum absolute atomic E-state index is 14.1. The number of anilines is 4. The average Bonchev–Trinajstić information content (AvgIpc) is 4.18. The third kappa shape index (κ3) is 11.2. The van der Waals surface area contributed by atoms with Crippen molar-refractivity contribution in [2.75, 3.05) is 77.7 Å². The minimum Gasteiger partial charge on any atom is -0.355 e. The molecule has 8 heterocycles. The van der Waals surface area contributed by atoms with Crippen molar-refractivity contribution >= 4 is 89.4 Å². The van der Waals surface area contributed by atoms with Crippen LogP contribution in [0.3, 0.4) is 0 Å². The molecule has 2 aromatic carbocycles. The summed E-state index contributed by atoms with van der Waals surface area (Å²) in [6.45, 7) is 9.01. The number of nitrogens with one attached hydrogen (secondary N) is 4. The van der Waals surface area contributed by atoms with E-state index in [9.17, 15) is 26.4 Å². The highest BCUT2D eigenvalue weighted by Gasteiger charge is 2.35. The Morgan fingerprint density at radius 2 is 1.03 bits per heavy atom. The first-order valence-corrected chi connectivity index (χ1v) is 29.2. The number of benzene rings is 2. The van der Waals surface area contributed by atoms with Gasteiger partial charge in [0.2, 0.25) is 20.0 Å². The van der Waals surface area contributed by atoms with Crippen LogP contribution >= 0.6 is 23.2 Å². The van der Waals surface area contributed by atoms with E-state index in [1.54, 1.807) is 31.0 Å². The molecular weight excluding hydrogens is 1020 g/mol. The molecule has 4 aliphatic rings. The summed E-state index contributed by atoms with van der Waals surface area (Å²) in [5.74, 6) is 1.18. The number of fused-ring (bicyclic) bond motifs is 2. The summed E-state index contributed by atoms with van der Waals surface area (Å²) in [6.07, 6.45) is 12.9. The summed E-state index contributed by atoms with van der Waals surface area (Å²) in [5.41, 5.74) is 5.58. The lowest BCUT2D eigenvalue weighted by Crippen LogP contribution is -2.43. The largest absolute Gasteiger partial charge is 0.355 e. The molecule has 4 N–H and O–H groups in total. The molecule has 4 unspecified atom stereocenters. The number of sulfonamides is 2. The lowest BCUT2D eigenvalue weighted by atomic mass is 9.98. The number of halogens is 2. The second kappa shape index (κ2) is 20.5. The van der Waals surface area contributed by atoms with Gasteiger partial charge in [-0.25, -0.2) is 35.8 Å². The molecule has 0 saturated carbocycles. The number of amides is 2. The van der Waals surface area contributed by atoms with Gasteiger partial charge in [-0.1, -0.05) is 23.2 Å². The quantitative estimate of drug-likeness (QED) is 0.0897. The van der Waals surface area contributed by atoms with Gasteiger partial charge in [-0.2, -0.15) is 10.2 Å². The molecular formula is C49H60Cl2N14O6S2. The number of hydrogen-bond acceptors (Lipinski definition) is 14. The van der Waals surface area contributed by atoms with E-state index in [-0.39, 0.29) is 58.5 Å². The number of rotatable bonds is 14. The lowest BCUT2D eigenvalue weighted by Gasteiger charge is -2.35. The number of carbonyl (C=O) groups excluding carboxylic acids is 2. The molecule has 0 aliphatic carbocycles. The summed E-state index contributed by atoms with van der Waals surface area (Å²) in [6, 6.07) is 12.9. The van der Waals surface area contributed by atoms with Gasteiger partial charge in [0.1, 0.15) is 11.6 Å². The van der Waals surface area contributed by atoms with Crippen LogP contribution in [0, 0.1) is 13.8 Å². The summed E-state index contributed by atoms with van der Waals surface area (Å²) < 4.78 is 57.1. The van der Waals surface area contributed by atoms with Crippen LogP contribution in [0.2, 0.25) is 10.0 Å². The molecule has 20 nitrogen and oxygen atoms in total. The summed E-state index contributed by atoms with van der Waals surface area (Å²) in [5, 5.41) is 18.0. The number of aryl methyl sites for hydroxylation is 2. The molecule has 4 atom stereocenters. The van der Waals surface area contributed by atoms with Crippen molar-refractivity contribution < 1.29 is 26.4 Å². The van der Waals surface area contributed by atoms with Crippen LogP contribution in [0.1, 0.15) is 107 Å². The monoisotopic (exact) mass is 1070 g/mol. The SMILES string of the molecule is Cc1cn2nc(C3CCCCN3C(=O)c3cc(Cl)ccc3NS(C)(=O)=O)cc2nc1N1CCC(NCNC2CCN(c3nc4cc(C5CCCCN5C(=O)c5cc(Cl)ccc5NS(C)(=O)=O)nn4cc3C)C2)C1. The van der Waals surface area contributed by atoms with Crippen LogP contribution in [-0.4, -0.2) is 138 Å². The molecule has 73 heavy (non-hydrogen) atoms. The predicted octanol–water partition coefficient (Wildman–Crippen LogP) is 6.17. The lowest BCUT2D eigenvalue weighted by molar-refractivity contribution is 0.0600. The van der Waals surface area contributed by atoms with Gasteiger partial charge in [0, 0.05) is 104 Å². The predicted molar refractivity (Wildman–Crippen MR) is 283 cm³/mol. The normalized spacial score (nSPS) is 20.9. The first-order valence-electron chi connectivity index (χ1n) is 24.7. The molecule has 4 aliphatic heterocycles. The Balaban J connectivity index is 0.751. The molecule has 10 rings (SSSR count). The van der Waals surface area contributed by atoms with Crippen LogP contribution < -0.4 is 29.9 Å². The molecule has 4 saturated heterocycles. The van der Waals surface area contributed by atoms with Gasteiger partial charge in [0.25, 0.3) is 11.8 Å². The van der Waals surface area contributed by atoms with Crippen molar-refractivity contribution in [3.05, 3.63) is 105 Å². The van der Waals surface area contributed by atoms with E-state index < -0.39 is 20.0 Å². The molecule has 4 fully saturated rings.